The van der Waals surface area contributed by atoms with Gasteiger partial charge in [-0.3, -0.25) is 0 Å². The molecule has 0 amide bonds. The van der Waals surface area contributed by atoms with Gasteiger partial charge in [-0.15, -0.1) is 0 Å². The van der Waals surface area contributed by atoms with E-state index in [1.165, 1.54) is 11.1 Å². The lowest BCUT2D eigenvalue weighted by atomic mass is 10.1. The van der Waals surface area contributed by atoms with Crippen LogP contribution in [-0.2, 0) is 0 Å². The Labute approximate surface area is 107 Å². The highest BCUT2D eigenvalue weighted by Crippen LogP contribution is 2.07. The summed E-state index contributed by atoms with van der Waals surface area (Å²) < 4.78 is 0. The van der Waals surface area contributed by atoms with Gasteiger partial charge in [-0.2, -0.15) is 0 Å². The van der Waals surface area contributed by atoms with Crippen LogP contribution < -0.4 is 5.73 Å². The molecule has 0 aliphatic rings. The van der Waals surface area contributed by atoms with Crippen molar-refractivity contribution < 1.29 is 0 Å². The van der Waals surface area contributed by atoms with Gasteiger partial charge in [-0.1, -0.05) is 35.8 Å². The van der Waals surface area contributed by atoms with E-state index in [1.807, 2.05) is 20.8 Å². The first kappa shape index (κ1) is 18.1. The molecule has 0 atom stereocenters. The van der Waals surface area contributed by atoms with Crippen LogP contribution in [0, 0.1) is 0 Å². The van der Waals surface area contributed by atoms with Crippen molar-refractivity contribution in [3.05, 3.63) is 35.1 Å². The molecule has 0 aromatic heterocycles. The summed E-state index contributed by atoms with van der Waals surface area (Å²) in [6.07, 6.45) is 7.14. The van der Waals surface area contributed by atoms with Crippen LogP contribution in [0.5, 0.6) is 0 Å². The van der Waals surface area contributed by atoms with Crippen LogP contribution in [0.2, 0.25) is 0 Å². The number of hydrogen-bond acceptors (Lipinski definition) is 1. The number of nitrogens with two attached hydrogens (primary N) is 1. The van der Waals surface area contributed by atoms with Crippen molar-refractivity contribution in [2.24, 2.45) is 10.7 Å². The van der Waals surface area contributed by atoms with E-state index in [-0.39, 0.29) is 0 Å². The van der Waals surface area contributed by atoms with Gasteiger partial charge in [0.25, 0.3) is 0 Å². The average molecular weight is 236 g/mol. The van der Waals surface area contributed by atoms with Crippen molar-refractivity contribution in [1.29, 1.82) is 0 Å². The van der Waals surface area contributed by atoms with Gasteiger partial charge < -0.3 is 5.73 Å². The van der Waals surface area contributed by atoms with Crippen molar-refractivity contribution in [2.75, 3.05) is 0 Å². The van der Waals surface area contributed by atoms with Crippen LogP contribution in [-0.4, -0.2) is 5.84 Å². The Hall–Kier alpha value is -1.31. The fourth-order valence-electron chi connectivity index (χ4n) is 0.902. The van der Waals surface area contributed by atoms with Gasteiger partial charge in [0.15, 0.2) is 0 Å². The Kier molecular flexibility index (Phi) is 11.9. The van der Waals surface area contributed by atoms with E-state index in [2.05, 4.69) is 37.9 Å². The van der Waals surface area contributed by atoms with Crippen molar-refractivity contribution in [1.82, 2.24) is 0 Å². The number of amidine groups is 1. The molecule has 0 radical (unpaired) electrons. The Morgan fingerprint density at radius 1 is 1.12 bits per heavy atom. The number of aliphatic imine (C=N–C) groups is 1. The average Bonchev–Trinajstić information content (AvgIpc) is 2.26. The molecule has 98 valence electrons. The quantitative estimate of drug-likeness (QED) is 0.434. The Balaban J connectivity index is 0. The highest BCUT2D eigenvalue weighted by Gasteiger charge is 1.86. The first-order chi connectivity index (χ1) is 7.84. The smallest absolute Gasteiger partial charge is 0.0957 e. The maximum Gasteiger partial charge on any atom is 0.0957 e. The summed E-state index contributed by atoms with van der Waals surface area (Å²) in [4.78, 5) is 3.86. The highest BCUT2D eigenvalue weighted by molar-refractivity contribution is 5.77. The van der Waals surface area contributed by atoms with E-state index in [0.717, 1.165) is 12.0 Å². The fraction of sp³-hybridized carbons (Fsp3) is 0.533. The molecule has 0 fully saturated rings. The van der Waals surface area contributed by atoms with Crippen molar-refractivity contribution >= 4 is 5.84 Å². The molecule has 0 spiro atoms. The van der Waals surface area contributed by atoms with E-state index >= 15 is 0 Å². The van der Waals surface area contributed by atoms with Crippen LogP contribution in [0.4, 0.5) is 0 Å². The van der Waals surface area contributed by atoms with E-state index in [1.54, 1.807) is 13.1 Å². The normalized spacial score (nSPS) is 12.8. The summed E-state index contributed by atoms with van der Waals surface area (Å²) in [6.45, 7) is 14.3. The van der Waals surface area contributed by atoms with Crippen LogP contribution in [0.1, 0.15) is 54.9 Å². The third-order valence-corrected chi connectivity index (χ3v) is 2.15. The van der Waals surface area contributed by atoms with Crippen LogP contribution in [0.3, 0.4) is 0 Å². The molecule has 0 unspecified atom stereocenters. The number of allylic oxidation sites excluding steroid dienone is 5. The van der Waals surface area contributed by atoms with E-state index in [9.17, 15) is 0 Å². The number of nitrogens with zero attached hydrogens (tertiary/aromatic N) is 1. The second-order valence-corrected chi connectivity index (χ2v) is 4.29. The van der Waals surface area contributed by atoms with Crippen molar-refractivity contribution in [3.8, 4) is 0 Å². The Morgan fingerprint density at radius 3 is 1.88 bits per heavy atom. The standard InChI is InChI=1S/C9H16.C6H12N2/c1-5-7-9(4)8(3)6-2;1-5(2)4-8-6(3)7/h5,7H,6H2,1-4H3;4H,1-3H3,(H2,7,8)/b7-5-,9-8-;. The van der Waals surface area contributed by atoms with E-state index in [4.69, 9.17) is 5.73 Å². The molecule has 0 rings (SSSR count). The first-order valence-corrected chi connectivity index (χ1v) is 6.07. The van der Waals surface area contributed by atoms with Gasteiger partial charge in [-0.05, 0) is 48.0 Å². The number of hydrogen-bond donors (Lipinski definition) is 1. The van der Waals surface area contributed by atoms with Gasteiger partial charge in [0, 0.05) is 6.20 Å². The largest absolute Gasteiger partial charge is 0.387 e. The molecular formula is C15H28N2. The lowest BCUT2D eigenvalue weighted by Gasteiger charge is -1.97. The molecular weight excluding hydrogens is 208 g/mol. The predicted molar refractivity (Wildman–Crippen MR) is 80.2 cm³/mol. The molecule has 0 bridgehead atoms. The maximum absolute atomic E-state index is 5.25. The zero-order chi connectivity index (χ0) is 13.8. The van der Waals surface area contributed by atoms with Crippen LogP contribution in [0.15, 0.2) is 40.1 Å². The van der Waals surface area contributed by atoms with Gasteiger partial charge in [0.2, 0.25) is 0 Å². The van der Waals surface area contributed by atoms with Crippen molar-refractivity contribution in [3.63, 3.8) is 0 Å². The lowest BCUT2D eigenvalue weighted by molar-refractivity contribution is 1.07. The van der Waals surface area contributed by atoms with E-state index in [0.29, 0.717) is 5.84 Å². The second-order valence-electron chi connectivity index (χ2n) is 4.29. The predicted octanol–water partition coefficient (Wildman–Crippen LogP) is 4.60. The first-order valence-electron chi connectivity index (χ1n) is 6.07. The SMILES string of the molecule is C/C=C\C(C)=C(\C)CC.CC(C)=CN=C(C)N. The molecule has 2 heteroatoms. The van der Waals surface area contributed by atoms with Gasteiger partial charge >= 0.3 is 0 Å². The summed E-state index contributed by atoms with van der Waals surface area (Å²) in [7, 11) is 0. The van der Waals surface area contributed by atoms with Gasteiger partial charge in [0.1, 0.15) is 0 Å². The molecule has 0 heterocycles. The molecule has 0 saturated carbocycles. The van der Waals surface area contributed by atoms with Gasteiger partial charge in [-0.25, -0.2) is 4.99 Å². The minimum atomic E-state index is 0.603. The third-order valence-electron chi connectivity index (χ3n) is 2.15. The molecule has 2 nitrogen and oxygen atoms in total. The molecule has 0 aliphatic carbocycles. The van der Waals surface area contributed by atoms with Crippen molar-refractivity contribution in [2.45, 2.75) is 54.9 Å². The molecule has 17 heavy (non-hydrogen) atoms. The molecule has 2 N–H and O–H groups in total. The summed E-state index contributed by atoms with van der Waals surface area (Å²) in [5, 5.41) is 0. The van der Waals surface area contributed by atoms with Gasteiger partial charge in [0.05, 0.1) is 5.84 Å². The monoisotopic (exact) mass is 236 g/mol. The van der Waals surface area contributed by atoms with Crippen LogP contribution in [0.25, 0.3) is 0 Å². The third kappa shape index (κ3) is 14.7. The Bertz CT molecular complexity index is 294. The molecule has 0 aromatic rings. The number of rotatable bonds is 3. The zero-order valence-electron chi connectivity index (χ0n) is 12.5. The summed E-state index contributed by atoms with van der Waals surface area (Å²) in [5.74, 6) is 0.603. The second kappa shape index (κ2) is 11.2. The highest BCUT2D eigenvalue weighted by atomic mass is 14.8. The molecule has 0 saturated heterocycles. The summed E-state index contributed by atoms with van der Waals surface area (Å²) in [5.41, 5.74) is 9.29. The summed E-state index contributed by atoms with van der Waals surface area (Å²) >= 11 is 0. The lowest BCUT2D eigenvalue weighted by Crippen LogP contribution is -2.03. The fourth-order valence-corrected chi connectivity index (χ4v) is 0.902. The van der Waals surface area contributed by atoms with E-state index < -0.39 is 0 Å². The topological polar surface area (TPSA) is 38.4 Å². The molecule has 0 aliphatic heterocycles. The Morgan fingerprint density at radius 2 is 1.65 bits per heavy atom. The minimum Gasteiger partial charge on any atom is -0.387 e. The zero-order valence-corrected chi connectivity index (χ0v) is 12.5. The maximum atomic E-state index is 5.25. The summed E-state index contributed by atoms with van der Waals surface area (Å²) in [6, 6.07) is 0. The molecule has 0 aromatic carbocycles. The minimum absolute atomic E-state index is 0.603. The van der Waals surface area contributed by atoms with Crippen LogP contribution >= 0.6 is 0 Å².